The van der Waals surface area contributed by atoms with Crippen molar-refractivity contribution in [2.24, 2.45) is 0 Å². The molecule has 0 aliphatic carbocycles. The van der Waals surface area contributed by atoms with Gasteiger partial charge in [-0.05, 0) is 60.9 Å². The number of anilines is 2. The molecule has 1 heterocycles. The molecule has 0 saturated heterocycles. The minimum Gasteiger partial charge on any atom is -0.462 e. The van der Waals surface area contributed by atoms with Crippen molar-refractivity contribution in [3.8, 4) is 11.1 Å². The van der Waals surface area contributed by atoms with E-state index in [1.165, 1.54) is 0 Å². The first-order valence-corrected chi connectivity index (χ1v) is 13.1. The Bertz CT molecular complexity index is 1350. The standard InChI is InChI=1S/C27H28N2O5S/c1-3-5-16-34-27(31)20-11-13-21(14-12-20)28-26(30)18-29-24-15-10-19(4-2)17-23(24)22-8-6-7-9-25(22)35(29,32)33/h6-15,17H,3-5,16,18H2,1-2H3,(H,28,30). The van der Waals surface area contributed by atoms with Crippen molar-refractivity contribution in [1.82, 2.24) is 0 Å². The lowest BCUT2D eigenvalue weighted by Crippen LogP contribution is -2.40. The van der Waals surface area contributed by atoms with Crippen LogP contribution in [0.5, 0.6) is 0 Å². The summed E-state index contributed by atoms with van der Waals surface area (Å²) in [5.41, 5.74) is 3.81. The number of hydrogen-bond acceptors (Lipinski definition) is 5. The van der Waals surface area contributed by atoms with Gasteiger partial charge in [0.1, 0.15) is 6.54 Å². The maximum Gasteiger partial charge on any atom is 0.338 e. The number of rotatable bonds is 8. The van der Waals surface area contributed by atoms with E-state index in [1.807, 2.05) is 32.0 Å². The number of benzene rings is 3. The van der Waals surface area contributed by atoms with Crippen molar-refractivity contribution in [3.63, 3.8) is 0 Å². The summed E-state index contributed by atoms with van der Waals surface area (Å²) in [6.07, 6.45) is 2.54. The quantitative estimate of drug-likeness (QED) is 0.352. The number of esters is 1. The van der Waals surface area contributed by atoms with Crippen LogP contribution in [0.15, 0.2) is 71.6 Å². The Labute approximate surface area is 205 Å². The Balaban J connectivity index is 1.54. The number of carbonyl (C=O) groups is 2. The van der Waals surface area contributed by atoms with Gasteiger partial charge in [-0.1, -0.05) is 44.5 Å². The van der Waals surface area contributed by atoms with Crippen molar-refractivity contribution in [2.45, 2.75) is 38.0 Å². The largest absolute Gasteiger partial charge is 0.462 e. The molecule has 182 valence electrons. The van der Waals surface area contributed by atoms with Crippen LogP contribution in [-0.2, 0) is 26.0 Å². The number of carbonyl (C=O) groups excluding carboxylic acids is 2. The number of fused-ring (bicyclic) bond motifs is 3. The maximum absolute atomic E-state index is 13.4. The van der Waals surface area contributed by atoms with Crippen LogP contribution in [0.1, 0.15) is 42.6 Å². The molecule has 0 spiro atoms. The highest BCUT2D eigenvalue weighted by atomic mass is 32.2. The van der Waals surface area contributed by atoms with Crippen LogP contribution in [0.4, 0.5) is 11.4 Å². The van der Waals surface area contributed by atoms with E-state index >= 15 is 0 Å². The minimum atomic E-state index is -3.92. The molecule has 4 rings (SSSR count). The molecule has 0 saturated carbocycles. The third kappa shape index (κ3) is 5.07. The fourth-order valence-corrected chi connectivity index (χ4v) is 5.63. The zero-order chi connectivity index (χ0) is 25.0. The number of unbranched alkanes of at least 4 members (excludes halogenated alkanes) is 1. The van der Waals surface area contributed by atoms with Gasteiger partial charge in [0, 0.05) is 16.8 Å². The molecule has 3 aromatic carbocycles. The van der Waals surface area contributed by atoms with Crippen LogP contribution >= 0.6 is 0 Å². The summed E-state index contributed by atoms with van der Waals surface area (Å²) < 4.78 is 33.2. The van der Waals surface area contributed by atoms with Gasteiger partial charge in [0.05, 0.1) is 22.8 Å². The molecule has 7 nitrogen and oxygen atoms in total. The van der Waals surface area contributed by atoms with Gasteiger partial charge in [0.2, 0.25) is 5.91 Å². The first-order chi connectivity index (χ1) is 16.8. The number of aryl methyl sites for hydroxylation is 1. The molecule has 1 aliphatic rings. The predicted molar refractivity (Wildman–Crippen MR) is 136 cm³/mol. The number of amides is 1. The topological polar surface area (TPSA) is 92.8 Å². The average Bonchev–Trinajstić information content (AvgIpc) is 2.87. The summed E-state index contributed by atoms with van der Waals surface area (Å²) in [6, 6.07) is 18.8. The molecule has 0 aromatic heterocycles. The molecular weight excluding hydrogens is 464 g/mol. The molecule has 8 heteroatoms. The van der Waals surface area contributed by atoms with Crippen molar-refractivity contribution in [3.05, 3.63) is 77.9 Å². The number of sulfonamides is 1. The summed E-state index contributed by atoms with van der Waals surface area (Å²) in [5, 5.41) is 2.73. The van der Waals surface area contributed by atoms with Gasteiger partial charge < -0.3 is 10.1 Å². The van der Waals surface area contributed by atoms with Gasteiger partial charge in [0.25, 0.3) is 10.0 Å². The first-order valence-electron chi connectivity index (χ1n) is 11.7. The average molecular weight is 493 g/mol. The van der Waals surface area contributed by atoms with Gasteiger partial charge in [-0.2, -0.15) is 0 Å². The third-order valence-corrected chi connectivity index (χ3v) is 7.72. The van der Waals surface area contributed by atoms with Crippen LogP contribution in [0, 0.1) is 0 Å². The van der Waals surface area contributed by atoms with Crippen molar-refractivity contribution in [2.75, 3.05) is 22.8 Å². The smallest absolute Gasteiger partial charge is 0.338 e. The highest BCUT2D eigenvalue weighted by molar-refractivity contribution is 7.93. The zero-order valence-corrected chi connectivity index (χ0v) is 20.6. The van der Waals surface area contributed by atoms with E-state index in [0.29, 0.717) is 29.1 Å². The molecule has 0 radical (unpaired) electrons. The van der Waals surface area contributed by atoms with Gasteiger partial charge in [-0.15, -0.1) is 0 Å². The Morgan fingerprint density at radius 1 is 0.943 bits per heavy atom. The minimum absolute atomic E-state index is 0.180. The molecule has 3 aromatic rings. The summed E-state index contributed by atoms with van der Waals surface area (Å²) in [5.74, 6) is -0.908. The van der Waals surface area contributed by atoms with Crippen molar-refractivity contribution >= 4 is 33.3 Å². The van der Waals surface area contributed by atoms with Crippen molar-refractivity contribution < 1.29 is 22.7 Å². The summed E-state index contributed by atoms with van der Waals surface area (Å²) >= 11 is 0. The van der Waals surface area contributed by atoms with E-state index < -0.39 is 21.9 Å². The van der Waals surface area contributed by atoms with Gasteiger partial charge >= 0.3 is 5.97 Å². The maximum atomic E-state index is 13.4. The molecule has 0 atom stereocenters. The van der Waals surface area contributed by atoms with E-state index in [1.54, 1.807) is 48.5 Å². The zero-order valence-electron chi connectivity index (χ0n) is 19.8. The molecule has 1 N–H and O–H groups in total. The Morgan fingerprint density at radius 3 is 2.40 bits per heavy atom. The Morgan fingerprint density at radius 2 is 1.69 bits per heavy atom. The van der Waals surface area contributed by atoms with E-state index in [2.05, 4.69) is 5.32 Å². The number of nitrogens with one attached hydrogen (secondary N) is 1. The van der Waals surface area contributed by atoms with Gasteiger partial charge in [-0.25, -0.2) is 13.2 Å². The van der Waals surface area contributed by atoms with Crippen LogP contribution in [0.25, 0.3) is 11.1 Å². The fourth-order valence-electron chi connectivity index (χ4n) is 3.98. The monoisotopic (exact) mass is 492 g/mol. The molecular formula is C27H28N2O5S. The summed E-state index contributed by atoms with van der Waals surface area (Å²) in [6.45, 7) is 4.03. The number of nitrogens with zero attached hydrogens (tertiary/aromatic N) is 1. The lowest BCUT2D eigenvalue weighted by Gasteiger charge is -2.32. The van der Waals surface area contributed by atoms with Gasteiger partial charge in [-0.3, -0.25) is 9.10 Å². The molecule has 0 bridgehead atoms. The lowest BCUT2D eigenvalue weighted by atomic mass is 9.99. The molecule has 1 aliphatic heterocycles. The molecule has 1 amide bonds. The second kappa shape index (κ2) is 10.3. The molecule has 0 unspecified atom stereocenters. The van der Waals surface area contributed by atoms with Crippen molar-refractivity contribution in [1.29, 1.82) is 0 Å². The highest BCUT2D eigenvalue weighted by Crippen LogP contribution is 2.43. The Hall–Kier alpha value is -3.65. The van der Waals surface area contributed by atoms with Crippen LogP contribution in [0.3, 0.4) is 0 Å². The van der Waals surface area contributed by atoms with Crippen LogP contribution < -0.4 is 9.62 Å². The van der Waals surface area contributed by atoms with Crippen LogP contribution in [0.2, 0.25) is 0 Å². The summed E-state index contributed by atoms with van der Waals surface area (Å²) in [4.78, 5) is 25.1. The fraction of sp³-hybridized carbons (Fsp3) is 0.259. The Kier molecular flexibility index (Phi) is 7.21. The molecule has 0 fully saturated rings. The normalized spacial score (nSPS) is 13.5. The van der Waals surface area contributed by atoms with Crippen LogP contribution in [-0.4, -0.2) is 33.4 Å². The lowest BCUT2D eigenvalue weighted by molar-refractivity contribution is -0.114. The number of hydrogen-bond donors (Lipinski definition) is 1. The second-order valence-corrected chi connectivity index (χ2v) is 10.2. The SMILES string of the molecule is CCCCOC(=O)c1ccc(NC(=O)CN2c3ccc(CC)cc3-c3ccccc3S2(=O)=O)cc1. The van der Waals surface area contributed by atoms with E-state index in [9.17, 15) is 18.0 Å². The van der Waals surface area contributed by atoms with E-state index in [4.69, 9.17) is 4.74 Å². The summed E-state index contributed by atoms with van der Waals surface area (Å²) in [7, 11) is -3.92. The predicted octanol–water partition coefficient (Wildman–Crippen LogP) is 5.02. The number of ether oxygens (including phenoxy) is 1. The second-order valence-electron chi connectivity index (χ2n) is 8.33. The third-order valence-electron chi connectivity index (χ3n) is 5.91. The van der Waals surface area contributed by atoms with E-state index in [0.717, 1.165) is 34.7 Å². The van der Waals surface area contributed by atoms with Gasteiger partial charge in [0.15, 0.2) is 0 Å². The van der Waals surface area contributed by atoms with E-state index in [-0.39, 0.29) is 11.4 Å². The highest BCUT2D eigenvalue weighted by Gasteiger charge is 2.35. The molecule has 35 heavy (non-hydrogen) atoms. The first kappa shape index (κ1) is 24.5.